The van der Waals surface area contributed by atoms with Crippen molar-refractivity contribution in [1.82, 2.24) is 9.21 Å². The number of hydrogen-bond donors (Lipinski definition) is 1. The van der Waals surface area contributed by atoms with Gasteiger partial charge in [0.2, 0.25) is 10.0 Å². The molecule has 6 heteroatoms. The Kier molecular flexibility index (Phi) is 3.76. The zero-order chi connectivity index (χ0) is 11.7. The van der Waals surface area contributed by atoms with Crippen LogP contribution in [-0.2, 0) is 10.0 Å². The van der Waals surface area contributed by atoms with Gasteiger partial charge in [0.05, 0.1) is 5.75 Å². The Morgan fingerprint density at radius 1 is 1.33 bits per heavy atom. The van der Waals surface area contributed by atoms with Crippen LogP contribution in [0.15, 0.2) is 0 Å². The summed E-state index contributed by atoms with van der Waals surface area (Å²) in [6, 6.07) is 0. The fourth-order valence-electron chi connectivity index (χ4n) is 1.71. The van der Waals surface area contributed by atoms with Gasteiger partial charge >= 0.3 is 0 Å². The minimum absolute atomic E-state index is 0.0484. The summed E-state index contributed by atoms with van der Waals surface area (Å²) in [5.74, 6) is 0.0484. The molecule has 0 unspecified atom stereocenters. The predicted molar refractivity (Wildman–Crippen MR) is 61.1 cm³/mol. The number of likely N-dealkylation sites (N-methyl/N-ethyl adjacent to an activating group) is 1. The molecule has 0 aromatic rings. The first-order chi connectivity index (χ1) is 6.79. The summed E-state index contributed by atoms with van der Waals surface area (Å²) in [4.78, 5) is 2.18. The van der Waals surface area contributed by atoms with Crippen molar-refractivity contribution >= 4 is 10.0 Å². The second-order valence-corrected chi connectivity index (χ2v) is 6.76. The van der Waals surface area contributed by atoms with E-state index < -0.39 is 10.0 Å². The number of rotatable bonds is 3. The lowest BCUT2D eigenvalue weighted by Gasteiger charge is -2.44. The molecule has 0 spiro atoms. The number of nitrogens with two attached hydrogens (primary N) is 1. The molecule has 0 atom stereocenters. The molecule has 1 rings (SSSR count). The quantitative estimate of drug-likeness (QED) is 0.702. The third kappa shape index (κ3) is 2.90. The van der Waals surface area contributed by atoms with E-state index in [9.17, 15) is 8.42 Å². The van der Waals surface area contributed by atoms with Gasteiger partial charge in [-0.2, -0.15) is 4.31 Å². The topological polar surface area (TPSA) is 66.6 Å². The second kappa shape index (κ2) is 4.37. The van der Waals surface area contributed by atoms with Crippen LogP contribution in [0.2, 0.25) is 0 Å². The molecule has 90 valence electrons. The van der Waals surface area contributed by atoms with Crippen molar-refractivity contribution in [3.63, 3.8) is 0 Å². The lowest BCUT2D eigenvalue weighted by Crippen LogP contribution is -2.59. The van der Waals surface area contributed by atoms with Crippen LogP contribution in [0.1, 0.15) is 13.8 Å². The first kappa shape index (κ1) is 12.9. The maximum atomic E-state index is 11.8. The third-order valence-corrected chi connectivity index (χ3v) is 4.90. The van der Waals surface area contributed by atoms with Gasteiger partial charge in [-0.3, -0.25) is 4.90 Å². The van der Waals surface area contributed by atoms with E-state index in [1.807, 2.05) is 7.05 Å². The SMILES string of the molecule is CN1CCN(S(=O)(=O)CCN)CC1(C)C. The summed E-state index contributed by atoms with van der Waals surface area (Å²) in [5, 5.41) is 0. The normalized spacial score (nSPS) is 24.3. The fraction of sp³-hybridized carbons (Fsp3) is 1.00. The molecular weight excluding hydrogens is 214 g/mol. The highest BCUT2D eigenvalue weighted by atomic mass is 32.2. The van der Waals surface area contributed by atoms with Crippen molar-refractivity contribution in [3.8, 4) is 0 Å². The van der Waals surface area contributed by atoms with E-state index in [1.165, 1.54) is 0 Å². The van der Waals surface area contributed by atoms with Crippen LogP contribution in [0.25, 0.3) is 0 Å². The van der Waals surface area contributed by atoms with Gasteiger partial charge in [0.15, 0.2) is 0 Å². The average molecular weight is 235 g/mol. The molecule has 0 aromatic carbocycles. The molecule has 15 heavy (non-hydrogen) atoms. The largest absolute Gasteiger partial charge is 0.329 e. The lowest BCUT2D eigenvalue weighted by molar-refractivity contribution is 0.0802. The molecule has 1 aliphatic rings. The number of piperazine rings is 1. The van der Waals surface area contributed by atoms with Crippen LogP contribution in [0, 0.1) is 0 Å². The highest BCUT2D eigenvalue weighted by molar-refractivity contribution is 7.89. The maximum absolute atomic E-state index is 11.8. The van der Waals surface area contributed by atoms with Gasteiger partial charge in [0.1, 0.15) is 0 Å². The predicted octanol–water partition coefficient (Wildman–Crippen LogP) is -0.699. The fourth-order valence-corrected chi connectivity index (χ4v) is 3.14. The van der Waals surface area contributed by atoms with E-state index in [0.29, 0.717) is 13.1 Å². The van der Waals surface area contributed by atoms with E-state index >= 15 is 0 Å². The van der Waals surface area contributed by atoms with Crippen molar-refractivity contribution in [3.05, 3.63) is 0 Å². The Hall–Kier alpha value is -0.170. The monoisotopic (exact) mass is 235 g/mol. The van der Waals surface area contributed by atoms with Crippen LogP contribution in [0.5, 0.6) is 0 Å². The molecular formula is C9H21N3O2S. The highest BCUT2D eigenvalue weighted by Gasteiger charge is 2.35. The van der Waals surface area contributed by atoms with Crippen molar-refractivity contribution in [2.45, 2.75) is 19.4 Å². The molecule has 1 heterocycles. The summed E-state index contributed by atoms with van der Waals surface area (Å²) < 4.78 is 25.2. The Bertz CT molecular complexity index is 313. The lowest BCUT2D eigenvalue weighted by atomic mass is 10.0. The molecule has 1 aliphatic heterocycles. The van der Waals surface area contributed by atoms with Gasteiger partial charge in [0, 0.05) is 31.7 Å². The Balaban J connectivity index is 2.75. The molecule has 1 fully saturated rings. The summed E-state index contributed by atoms with van der Waals surface area (Å²) in [6.07, 6.45) is 0. The van der Waals surface area contributed by atoms with Crippen LogP contribution in [-0.4, -0.2) is 62.1 Å². The summed E-state index contributed by atoms with van der Waals surface area (Å²) in [5.41, 5.74) is 5.20. The molecule has 0 aromatic heterocycles. The van der Waals surface area contributed by atoms with Gasteiger partial charge < -0.3 is 5.73 Å². The minimum Gasteiger partial charge on any atom is -0.329 e. The number of nitrogens with zero attached hydrogens (tertiary/aromatic N) is 2. The zero-order valence-electron chi connectivity index (χ0n) is 9.73. The van der Waals surface area contributed by atoms with Crippen LogP contribution in [0.4, 0.5) is 0 Å². The third-order valence-electron chi connectivity index (χ3n) is 3.05. The first-order valence-electron chi connectivity index (χ1n) is 5.19. The standard InChI is InChI=1S/C9H21N3O2S/c1-9(2)8-12(6-5-11(9)3)15(13,14)7-4-10/h4-8,10H2,1-3H3. The van der Waals surface area contributed by atoms with Crippen LogP contribution in [0.3, 0.4) is 0 Å². The van der Waals surface area contributed by atoms with E-state index in [1.54, 1.807) is 4.31 Å². The summed E-state index contributed by atoms with van der Waals surface area (Å²) in [7, 11) is -1.13. The van der Waals surface area contributed by atoms with E-state index in [2.05, 4.69) is 18.7 Å². The molecule has 1 saturated heterocycles. The van der Waals surface area contributed by atoms with Gasteiger partial charge in [-0.25, -0.2) is 8.42 Å². The average Bonchev–Trinajstić information content (AvgIpc) is 2.09. The van der Waals surface area contributed by atoms with Gasteiger partial charge in [-0.15, -0.1) is 0 Å². The van der Waals surface area contributed by atoms with E-state index in [4.69, 9.17) is 5.73 Å². The second-order valence-electron chi connectivity index (χ2n) is 4.67. The number of sulfonamides is 1. The maximum Gasteiger partial charge on any atom is 0.215 e. The minimum atomic E-state index is -3.15. The summed E-state index contributed by atoms with van der Waals surface area (Å²) >= 11 is 0. The van der Waals surface area contributed by atoms with Crippen LogP contribution >= 0.6 is 0 Å². The summed E-state index contributed by atoms with van der Waals surface area (Å²) in [6.45, 7) is 6.19. The van der Waals surface area contributed by atoms with Gasteiger partial charge in [-0.05, 0) is 20.9 Å². The van der Waals surface area contributed by atoms with Crippen LogP contribution < -0.4 is 5.73 Å². The Labute approximate surface area is 92.3 Å². The first-order valence-corrected chi connectivity index (χ1v) is 6.80. The van der Waals surface area contributed by atoms with Crippen molar-refractivity contribution in [2.24, 2.45) is 5.73 Å². The molecule has 5 nitrogen and oxygen atoms in total. The molecule has 0 bridgehead atoms. The molecule has 0 radical (unpaired) electrons. The van der Waals surface area contributed by atoms with Crippen molar-refractivity contribution in [2.75, 3.05) is 39.0 Å². The zero-order valence-corrected chi connectivity index (χ0v) is 10.5. The molecule has 2 N–H and O–H groups in total. The van der Waals surface area contributed by atoms with Gasteiger partial charge in [0.25, 0.3) is 0 Å². The highest BCUT2D eigenvalue weighted by Crippen LogP contribution is 2.20. The Morgan fingerprint density at radius 2 is 1.93 bits per heavy atom. The molecule has 0 amide bonds. The Morgan fingerprint density at radius 3 is 2.40 bits per heavy atom. The molecule has 0 saturated carbocycles. The molecule has 0 aliphatic carbocycles. The van der Waals surface area contributed by atoms with Crippen molar-refractivity contribution in [1.29, 1.82) is 0 Å². The van der Waals surface area contributed by atoms with Crippen molar-refractivity contribution < 1.29 is 8.42 Å². The van der Waals surface area contributed by atoms with E-state index in [0.717, 1.165) is 6.54 Å². The van der Waals surface area contributed by atoms with Gasteiger partial charge in [-0.1, -0.05) is 0 Å². The van der Waals surface area contributed by atoms with E-state index in [-0.39, 0.29) is 17.8 Å². The smallest absolute Gasteiger partial charge is 0.215 e. The number of hydrogen-bond acceptors (Lipinski definition) is 4.